The van der Waals surface area contributed by atoms with Gasteiger partial charge in [0.1, 0.15) is 0 Å². The van der Waals surface area contributed by atoms with Crippen molar-refractivity contribution in [2.75, 3.05) is 6.54 Å². The van der Waals surface area contributed by atoms with E-state index >= 15 is 0 Å². The summed E-state index contributed by atoms with van der Waals surface area (Å²) in [5.41, 5.74) is 3.53. The van der Waals surface area contributed by atoms with Crippen LogP contribution >= 0.6 is 0 Å². The van der Waals surface area contributed by atoms with Crippen LogP contribution < -0.4 is 5.32 Å². The molecular weight excluding hydrogens is 335 g/mol. The molecule has 2 rings (SSSR count). The molecule has 0 unspecified atom stereocenters. The Bertz CT molecular complexity index is 760. The predicted molar refractivity (Wildman–Crippen MR) is 103 cm³/mol. The summed E-state index contributed by atoms with van der Waals surface area (Å²) in [6.45, 7) is 7.31. The Labute approximate surface area is 153 Å². The Morgan fingerprint density at radius 3 is 2.58 bits per heavy atom. The Morgan fingerprint density at radius 2 is 1.88 bits per heavy atom. The summed E-state index contributed by atoms with van der Waals surface area (Å²) in [7, 11) is 0. The summed E-state index contributed by atoms with van der Waals surface area (Å²) < 4.78 is 38.2. The van der Waals surface area contributed by atoms with Crippen molar-refractivity contribution in [3.8, 4) is 0 Å². The van der Waals surface area contributed by atoms with E-state index in [0.29, 0.717) is 18.5 Å². The molecule has 2 aromatic carbocycles. The zero-order valence-corrected chi connectivity index (χ0v) is 14.9. The molecule has 0 fully saturated rings. The van der Waals surface area contributed by atoms with Gasteiger partial charge in [-0.3, -0.25) is 0 Å². The highest BCUT2D eigenvalue weighted by Gasteiger charge is 2.30. The van der Waals surface area contributed by atoms with Gasteiger partial charge < -0.3 is 5.32 Å². The minimum absolute atomic E-state index is 0.584. The first-order chi connectivity index (χ1) is 12.5. The van der Waals surface area contributed by atoms with Crippen molar-refractivity contribution in [3.63, 3.8) is 0 Å². The van der Waals surface area contributed by atoms with E-state index in [-0.39, 0.29) is 0 Å². The molecular formula is C22H24F3N. The van der Waals surface area contributed by atoms with Crippen LogP contribution in [0.15, 0.2) is 55.1 Å². The number of rotatable bonds is 8. The second-order valence-corrected chi connectivity index (χ2v) is 6.10. The lowest BCUT2D eigenvalue weighted by Crippen LogP contribution is -2.16. The second kappa shape index (κ2) is 9.39. The van der Waals surface area contributed by atoms with Gasteiger partial charge in [-0.2, -0.15) is 13.2 Å². The lowest BCUT2D eigenvalue weighted by Gasteiger charge is -2.11. The topological polar surface area (TPSA) is 12.0 Å². The normalized spacial score (nSPS) is 11.8. The molecule has 0 heterocycles. The number of alkyl halides is 3. The molecule has 0 aliphatic carbocycles. The van der Waals surface area contributed by atoms with Gasteiger partial charge in [0.05, 0.1) is 5.56 Å². The fourth-order valence-corrected chi connectivity index (χ4v) is 2.90. The number of halogens is 3. The summed E-state index contributed by atoms with van der Waals surface area (Å²) in [4.78, 5) is 0. The van der Waals surface area contributed by atoms with Crippen LogP contribution in [0.2, 0.25) is 0 Å². The van der Waals surface area contributed by atoms with Gasteiger partial charge in [-0.1, -0.05) is 61.2 Å². The molecule has 0 spiro atoms. The number of allylic oxidation sites excluding steroid dienone is 1. The lowest BCUT2D eigenvalue weighted by atomic mass is 10.0. The summed E-state index contributed by atoms with van der Waals surface area (Å²) in [6, 6.07) is 11.7. The summed E-state index contributed by atoms with van der Waals surface area (Å²) in [5.74, 6) is 0. The van der Waals surface area contributed by atoms with Crippen LogP contribution in [0.4, 0.5) is 13.2 Å². The number of aryl methyl sites for hydroxylation is 1. The highest BCUT2D eigenvalue weighted by atomic mass is 19.4. The number of nitrogens with one attached hydrogen (secondary N) is 1. The molecule has 0 bridgehead atoms. The fourth-order valence-electron chi connectivity index (χ4n) is 2.90. The monoisotopic (exact) mass is 359 g/mol. The first kappa shape index (κ1) is 20.0. The number of hydrogen-bond donors (Lipinski definition) is 1. The van der Waals surface area contributed by atoms with E-state index in [9.17, 15) is 13.2 Å². The van der Waals surface area contributed by atoms with Crippen LogP contribution in [0.25, 0.3) is 12.2 Å². The lowest BCUT2D eigenvalue weighted by molar-refractivity contribution is -0.137. The van der Waals surface area contributed by atoms with Crippen molar-refractivity contribution in [1.29, 1.82) is 0 Å². The number of hydrogen-bond acceptors (Lipinski definition) is 1. The third-order valence-corrected chi connectivity index (χ3v) is 4.17. The van der Waals surface area contributed by atoms with Gasteiger partial charge >= 0.3 is 6.18 Å². The van der Waals surface area contributed by atoms with Gasteiger partial charge in [-0.25, -0.2) is 0 Å². The van der Waals surface area contributed by atoms with Crippen molar-refractivity contribution in [2.24, 2.45) is 0 Å². The van der Waals surface area contributed by atoms with E-state index in [1.54, 1.807) is 6.07 Å². The molecule has 0 atom stereocenters. The predicted octanol–water partition coefficient (Wildman–Crippen LogP) is 6.10. The van der Waals surface area contributed by atoms with E-state index in [0.717, 1.165) is 35.7 Å². The molecule has 4 heteroatoms. The molecule has 2 aromatic rings. The Morgan fingerprint density at radius 1 is 1.12 bits per heavy atom. The third-order valence-electron chi connectivity index (χ3n) is 4.17. The maximum Gasteiger partial charge on any atom is 0.416 e. The van der Waals surface area contributed by atoms with E-state index in [1.165, 1.54) is 12.1 Å². The minimum atomic E-state index is -4.28. The number of benzene rings is 2. The molecule has 26 heavy (non-hydrogen) atoms. The summed E-state index contributed by atoms with van der Waals surface area (Å²) >= 11 is 0. The van der Waals surface area contributed by atoms with E-state index in [4.69, 9.17) is 0 Å². The van der Waals surface area contributed by atoms with Gasteiger partial charge in [-0.05, 0) is 54.6 Å². The highest BCUT2D eigenvalue weighted by Crippen LogP contribution is 2.29. The zero-order valence-electron chi connectivity index (χ0n) is 14.9. The molecule has 0 amide bonds. The van der Waals surface area contributed by atoms with Crippen molar-refractivity contribution in [2.45, 2.75) is 32.5 Å². The maximum atomic E-state index is 12.7. The molecule has 1 nitrogen and oxygen atoms in total. The van der Waals surface area contributed by atoms with Crippen LogP contribution in [0.1, 0.15) is 41.2 Å². The first-order valence-corrected chi connectivity index (χ1v) is 8.69. The molecule has 0 radical (unpaired) electrons. The van der Waals surface area contributed by atoms with Gasteiger partial charge in [0.2, 0.25) is 0 Å². The average Bonchev–Trinajstić information content (AvgIpc) is 2.61. The molecule has 0 aromatic heterocycles. The second-order valence-electron chi connectivity index (χ2n) is 6.10. The largest absolute Gasteiger partial charge is 0.416 e. The smallest absolute Gasteiger partial charge is 0.313 e. The first-order valence-electron chi connectivity index (χ1n) is 8.69. The van der Waals surface area contributed by atoms with Crippen LogP contribution in [0.3, 0.4) is 0 Å². The van der Waals surface area contributed by atoms with E-state index in [1.807, 2.05) is 37.3 Å². The molecule has 1 N–H and O–H groups in total. The average molecular weight is 359 g/mol. The van der Waals surface area contributed by atoms with Gasteiger partial charge in [0.25, 0.3) is 0 Å². The van der Waals surface area contributed by atoms with E-state index in [2.05, 4.69) is 18.0 Å². The summed E-state index contributed by atoms with van der Waals surface area (Å²) in [6.07, 6.45) is 3.01. The SMILES string of the molecule is C=Cc1c(/C=C\C)cccc1CNCCCc1cccc(C(F)(F)F)c1. The van der Waals surface area contributed by atoms with Crippen molar-refractivity contribution < 1.29 is 13.2 Å². The van der Waals surface area contributed by atoms with Crippen LogP contribution in [0, 0.1) is 0 Å². The van der Waals surface area contributed by atoms with Crippen molar-refractivity contribution in [3.05, 3.63) is 82.9 Å². The molecule has 138 valence electrons. The molecule has 0 aliphatic heterocycles. The van der Waals surface area contributed by atoms with Gasteiger partial charge in [0.15, 0.2) is 0 Å². The van der Waals surface area contributed by atoms with E-state index < -0.39 is 11.7 Å². The Balaban J connectivity index is 1.87. The van der Waals surface area contributed by atoms with Crippen LogP contribution in [-0.4, -0.2) is 6.54 Å². The van der Waals surface area contributed by atoms with Crippen LogP contribution in [0.5, 0.6) is 0 Å². The minimum Gasteiger partial charge on any atom is -0.313 e. The quantitative estimate of drug-likeness (QED) is 0.561. The molecule has 0 saturated carbocycles. The Hall–Kier alpha value is -2.33. The molecule has 0 saturated heterocycles. The van der Waals surface area contributed by atoms with Crippen molar-refractivity contribution in [1.82, 2.24) is 5.32 Å². The summed E-state index contributed by atoms with van der Waals surface area (Å²) in [5, 5.41) is 3.37. The van der Waals surface area contributed by atoms with Crippen LogP contribution in [-0.2, 0) is 19.1 Å². The standard InChI is InChI=1S/C22H24F3N/c1-3-8-18-11-6-12-19(21(18)4-2)16-26-14-7-10-17-9-5-13-20(15-17)22(23,24)25/h3-6,8-9,11-13,15,26H,2,7,10,14,16H2,1H3/b8-3-. The fraction of sp³-hybridized carbons (Fsp3) is 0.273. The van der Waals surface area contributed by atoms with Gasteiger partial charge in [0, 0.05) is 6.54 Å². The highest BCUT2D eigenvalue weighted by molar-refractivity contribution is 5.67. The van der Waals surface area contributed by atoms with Crippen molar-refractivity contribution >= 4 is 12.2 Å². The third kappa shape index (κ3) is 5.60. The van der Waals surface area contributed by atoms with Gasteiger partial charge in [-0.15, -0.1) is 0 Å². The maximum absolute atomic E-state index is 12.7. The molecule has 0 aliphatic rings. The Kier molecular flexibility index (Phi) is 7.22. The zero-order chi connectivity index (χ0) is 19.0.